The molecule has 4 heteroatoms. The first kappa shape index (κ1) is 23.7. The van der Waals surface area contributed by atoms with Crippen LogP contribution in [0.15, 0.2) is 60.2 Å². The summed E-state index contributed by atoms with van der Waals surface area (Å²) in [5.41, 5.74) is 5.61. The second-order valence-corrected chi connectivity index (χ2v) is 10.8. The van der Waals surface area contributed by atoms with E-state index in [9.17, 15) is 9.90 Å². The van der Waals surface area contributed by atoms with E-state index in [1.807, 2.05) is 36.4 Å². The number of methoxy groups -OCH3 is 1. The van der Waals surface area contributed by atoms with Crippen LogP contribution in [0.3, 0.4) is 0 Å². The number of phenolic OH excluding ortho intramolecular Hbond substituents is 1. The van der Waals surface area contributed by atoms with Crippen molar-refractivity contribution >= 4 is 12.0 Å². The maximum absolute atomic E-state index is 11.3. The van der Waals surface area contributed by atoms with E-state index in [1.165, 1.54) is 50.0 Å². The Morgan fingerprint density at radius 1 is 1.17 bits per heavy atom. The van der Waals surface area contributed by atoms with Crippen LogP contribution in [0.1, 0.15) is 62.1 Å². The maximum atomic E-state index is 11.3. The fraction of sp³-hybridized carbons (Fsp3) is 0.452. The second kappa shape index (κ2) is 9.56. The van der Waals surface area contributed by atoms with E-state index in [0.29, 0.717) is 36.0 Å². The van der Waals surface area contributed by atoms with Gasteiger partial charge in [0.15, 0.2) is 0 Å². The molecule has 3 aliphatic rings. The van der Waals surface area contributed by atoms with E-state index in [0.717, 1.165) is 17.7 Å². The number of hydrogen-bond acceptors (Lipinski definition) is 4. The normalized spacial score (nSPS) is 30.5. The highest BCUT2D eigenvalue weighted by Crippen LogP contribution is 2.63. The van der Waals surface area contributed by atoms with Gasteiger partial charge < -0.3 is 14.6 Å². The molecule has 3 aliphatic carbocycles. The first-order valence-corrected chi connectivity index (χ1v) is 12.9. The van der Waals surface area contributed by atoms with Gasteiger partial charge in [0, 0.05) is 6.08 Å². The van der Waals surface area contributed by atoms with E-state index in [4.69, 9.17) is 4.74 Å². The molecule has 0 aliphatic heterocycles. The van der Waals surface area contributed by atoms with Crippen molar-refractivity contribution in [3.05, 3.63) is 76.9 Å². The van der Waals surface area contributed by atoms with Crippen LogP contribution in [-0.4, -0.2) is 24.8 Å². The first-order valence-electron chi connectivity index (χ1n) is 12.9. The van der Waals surface area contributed by atoms with Crippen molar-refractivity contribution < 1.29 is 19.4 Å². The molecule has 35 heavy (non-hydrogen) atoms. The molecule has 0 radical (unpaired) electrons. The van der Waals surface area contributed by atoms with Gasteiger partial charge in [-0.2, -0.15) is 0 Å². The highest BCUT2D eigenvalue weighted by Gasteiger charge is 2.54. The summed E-state index contributed by atoms with van der Waals surface area (Å²) in [6.45, 7) is 5.50. The zero-order valence-corrected chi connectivity index (χ0v) is 21.0. The molecule has 184 valence electrons. The van der Waals surface area contributed by atoms with Crippen LogP contribution in [0.2, 0.25) is 0 Å². The standard InChI is InChI=1S/C31H36O4/c1-20-18-22-19-24(32)8-11-26(22)27-14-16-31(2)23(7-12-28(31)30(20)27)15-17-35-25-9-4-21(5-10-25)6-13-29(33)34-3/h4-6,8-11,13,15,19-20,27-28,30,32H,7,12,14,16-18H2,1-3H3/t20-,27?,28?,30?,31?/m1/s1. The van der Waals surface area contributed by atoms with Crippen LogP contribution in [0, 0.1) is 23.2 Å². The van der Waals surface area contributed by atoms with Gasteiger partial charge >= 0.3 is 5.97 Å². The van der Waals surface area contributed by atoms with E-state index in [-0.39, 0.29) is 11.4 Å². The number of aromatic hydroxyl groups is 1. The Hall–Kier alpha value is -3.01. The van der Waals surface area contributed by atoms with Gasteiger partial charge in [0.2, 0.25) is 0 Å². The lowest BCUT2D eigenvalue weighted by molar-refractivity contribution is -0.134. The summed E-state index contributed by atoms with van der Waals surface area (Å²) in [6.07, 6.45) is 11.4. The number of benzene rings is 2. The fourth-order valence-corrected chi connectivity index (χ4v) is 7.30. The van der Waals surface area contributed by atoms with Crippen molar-refractivity contribution in [1.82, 2.24) is 0 Å². The summed E-state index contributed by atoms with van der Waals surface area (Å²) >= 11 is 0. The van der Waals surface area contributed by atoms with E-state index >= 15 is 0 Å². The molecule has 4 unspecified atom stereocenters. The summed E-state index contributed by atoms with van der Waals surface area (Å²) in [7, 11) is 1.37. The minimum absolute atomic E-state index is 0.260. The summed E-state index contributed by atoms with van der Waals surface area (Å²) in [6, 6.07) is 13.8. The number of rotatable bonds is 5. The van der Waals surface area contributed by atoms with Gasteiger partial charge in [-0.25, -0.2) is 4.79 Å². The van der Waals surface area contributed by atoms with Crippen LogP contribution in [-0.2, 0) is 16.0 Å². The average Bonchev–Trinajstić information content (AvgIpc) is 3.19. The van der Waals surface area contributed by atoms with Crippen molar-refractivity contribution in [2.45, 2.75) is 51.9 Å². The first-order chi connectivity index (χ1) is 16.9. The highest BCUT2D eigenvalue weighted by atomic mass is 16.5. The SMILES string of the molecule is COC(=O)C=Cc1ccc(OCC=C2CCC3C4C(CCC23C)c2ccc(O)cc2C[C@H]4C)cc1. The molecule has 0 bridgehead atoms. The van der Waals surface area contributed by atoms with Crippen LogP contribution in [0.4, 0.5) is 0 Å². The average molecular weight is 473 g/mol. The van der Waals surface area contributed by atoms with Gasteiger partial charge in [0.25, 0.3) is 0 Å². The lowest BCUT2D eigenvalue weighted by atomic mass is 9.52. The van der Waals surface area contributed by atoms with Crippen LogP contribution < -0.4 is 4.74 Å². The Morgan fingerprint density at radius 2 is 1.97 bits per heavy atom. The molecule has 0 spiro atoms. The van der Waals surface area contributed by atoms with Gasteiger partial charge in [0.05, 0.1) is 7.11 Å². The molecule has 0 heterocycles. The molecule has 1 N–H and O–H groups in total. The van der Waals surface area contributed by atoms with E-state index in [1.54, 1.807) is 11.6 Å². The monoisotopic (exact) mass is 472 g/mol. The van der Waals surface area contributed by atoms with Crippen LogP contribution >= 0.6 is 0 Å². The lowest BCUT2D eigenvalue weighted by Crippen LogP contribution is -2.43. The summed E-state index contributed by atoms with van der Waals surface area (Å²) in [5.74, 6) is 3.56. The number of carbonyl (C=O) groups is 1. The zero-order valence-electron chi connectivity index (χ0n) is 21.0. The minimum atomic E-state index is -0.361. The number of ether oxygens (including phenoxy) is 2. The minimum Gasteiger partial charge on any atom is -0.508 e. The Kier molecular flexibility index (Phi) is 6.48. The Bertz CT molecular complexity index is 1150. The largest absolute Gasteiger partial charge is 0.508 e. The summed E-state index contributed by atoms with van der Waals surface area (Å²) < 4.78 is 10.7. The smallest absolute Gasteiger partial charge is 0.330 e. The van der Waals surface area contributed by atoms with Crippen molar-refractivity contribution in [3.63, 3.8) is 0 Å². The number of carbonyl (C=O) groups excluding carboxylic acids is 1. The van der Waals surface area contributed by atoms with Crippen molar-refractivity contribution in [1.29, 1.82) is 0 Å². The molecule has 2 fully saturated rings. The molecular formula is C31H36O4. The van der Waals surface area contributed by atoms with E-state index < -0.39 is 0 Å². The lowest BCUT2D eigenvalue weighted by Gasteiger charge is -2.52. The van der Waals surface area contributed by atoms with Gasteiger partial charge in [0.1, 0.15) is 18.1 Å². The molecule has 2 aromatic carbocycles. The van der Waals surface area contributed by atoms with Gasteiger partial charge in [-0.3, -0.25) is 0 Å². The van der Waals surface area contributed by atoms with Gasteiger partial charge in [-0.05, 0) is 114 Å². The molecule has 0 amide bonds. The van der Waals surface area contributed by atoms with Crippen LogP contribution in [0.5, 0.6) is 11.5 Å². The summed E-state index contributed by atoms with van der Waals surface area (Å²) in [5, 5.41) is 9.99. The molecule has 0 aromatic heterocycles. The molecule has 2 saturated carbocycles. The van der Waals surface area contributed by atoms with Gasteiger partial charge in [-0.1, -0.05) is 37.6 Å². The number of phenols is 1. The van der Waals surface area contributed by atoms with Gasteiger partial charge in [-0.15, -0.1) is 0 Å². The quantitative estimate of drug-likeness (QED) is 0.299. The number of allylic oxidation sites excluding steroid dienone is 1. The third-order valence-electron chi connectivity index (χ3n) is 8.98. The molecule has 5 atom stereocenters. The Labute approximate surface area is 208 Å². The third kappa shape index (κ3) is 4.51. The molecule has 0 saturated heterocycles. The zero-order chi connectivity index (χ0) is 24.6. The predicted octanol–water partition coefficient (Wildman–Crippen LogP) is 6.69. The van der Waals surface area contributed by atoms with Crippen molar-refractivity contribution in [2.75, 3.05) is 13.7 Å². The highest BCUT2D eigenvalue weighted by molar-refractivity contribution is 5.86. The molecule has 4 nitrogen and oxygen atoms in total. The number of hydrogen-bond donors (Lipinski definition) is 1. The fourth-order valence-electron chi connectivity index (χ4n) is 7.30. The van der Waals surface area contributed by atoms with Crippen LogP contribution in [0.25, 0.3) is 6.08 Å². The Balaban J connectivity index is 1.26. The van der Waals surface area contributed by atoms with Crippen molar-refractivity contribution in [2.24, 2.45) is 23.2 Å². The van der Waals surface area contributed by atoms with Crippen molar-refractivity contribution in [3.8, 4) is 11.5 Å². The predicted molar refractivity (Wildman–Crippen MR) is 138 cm³/mol. The Morgan fingerprint density at radius 3 is 2.74 bits per heavy atom. The maximum Gasteiger partial charge on any atom is 0.330 e. The van der Waals surface area contributed by atoms with E-state index in [2.05, 4.69) is 30.7 Å². The number of esters is 1. The topological polar surface area (TPSA) is 55.8 Å². The summed E-state index contributed by atoms with van der Waals surface area (Å²) in [4.78, 5) is 11.3. The third-order valence-corrected chi connectivity index (χ3v) is 8.98. The second-order valence-electron chi connectivity index (χ2n) is 10.8. The molecular weight excluding hydrogens is 436 g/mol. The number of fused-ring (bicyclic) bond motifs is 5. The molecule has 5 rings (SSSR count). The molecule has 2 aromatic rings.